The maximum atomic E-state index is 14.1. The Morgan fingerprint density at radius 2 is 1.79 bits per heavy atom. The number of likely N-dealkylation sites (tertiary alicyclic amines) is 1. The third-order valence-electron chi connectivity index (χ3n) is 7.86. The Hall–Kier alpha value is -3.98. The minimum absolute atomic E-state index is 0.0339. The topological polar surface area (TPSA) is 154 Å². The molecule has 1 saturated heterocycles. The maximum Gasteiger partial charge on any atom is 0.315 e. The molecule has 1 heterocycles. The zero-order valence-electron chi connectivity index (χ0n) is 28.3. The van der Waals surface area contributed by atoms with Crippen molar-refractivity contribution in [3.8, 4) is 12.3 Å². The quantitative estimate of drug-likeness (QED) is 0.114. The van der Waals surface area contributed by atoms with Crippen LogP contribution in [-0.2, 0) is 35.7 Å². The summed E-state index contributed by atoms with van der Waals surface area (Å²) in [5.41, 5.74) is 0.219. The highest BCUT2D eigenvalue weighted by atomic mass is 32.2. The van der Waals surface area contributed by atoms with Gasteiger partial charge in [-0.05, 0) is 36.2 Å². The van der Waals surface area contributed by atoms with Crippen molar-refractivity contribution in [1.29, 1.82) is 0 Å². The van der Waals surface area contributed by atoms with Crippen molar-refractivity contribution in [1.82, 2.24) is 26.2 Å². The van der Waals surface area contributed by atoms with E-state index in [1.807, 2.05) is 65.0 Å². The summed E-state index contributed by atoms with van der Waals surface area (Å²) in [6.45, 7) is 13.2. The predicted molar refractivity (Wildman–Crippen MR) is 184 cm³/mol. The molecule has 5 amide bonds. The van der Waals surface area contributed by atoms with Crippen LogP contribution < -0.4 is 21.3 Å². The largest absolute Gasteiger partial charge is 0.346 e. The molecule has 0 radical (unpaired) electrons. The molecule has 1 aliphatic rings. The molecule has 258 valence electrons. The van der Waals surface area contributed by atoms with Gasteiger partial charge in [0.15, 0.2) is 0 Å². The number of urea groups is 1. The molecule has 0 aliphatic carbocycles. The molecule has 6 atom stereocenters. The lowest BCUT2D eigenvalue weighted by Gasteiger charge is -2.36. The van der Waals surface area contributed by atoms with Crippen LogP contribution in [0.3, 0.4) is 0 Å². The summed E-state index contributed by atoms with van der Waals surface area (Å²) in [6.07, 6.45) is 8.74. The van der Waals surface area contributed by atoms with Crippen LogP contribution in [-0.4, -0.2) is 81.7 Å². The van der Waals surface area contributed by atoms with Gasteiger partial charge in [0, 0.05) is 47.9 Å². The Balaban J connectivity index is 2.18. The van der Waals surface area contributed by atoms with Gasteiger partial charge in [-0.2, -0.15) is 0 Å². The molecular weight excluding hydrogens is 618 g/mol. The first-order valence-corrected chi connectivity index (χ1v) is 17.6. The molecule has 2 rings (SSSR count). The van der Waals surface area contributed by atoms with Gasteiger partial charge in [0.2, 0.25) is 17.6 Å². The molecule has 47 heavy (non-hydrogen) atoms. The third kappa shape index (κ3) is 12.6. The number of terminal acetylenes is 1. The van der Waals surface area contributed by atoms with Crippen molar-refractivity contribution < 1.29 is 28.2 Å². The Morgan fingerprint density at radius 3 is 2.38 bits per heavy atom. The van der Waals surface area contributed by atoms with Crippen LogP contribution in [0.1, 0.15) is 72.3 Å². The number of amides is 5. The molecule has 0 aromatic heterocycles. The fourth-order valence-corrected chi connectivity index (χ4v) is 6.86. The van der Waals surface area contributed by atoms with E-state index in [0.717, 1.165) is 12.0 Å². The van der Waals surface area contributed by atoms with Crippen LogP contribution in [0.15, 0.2) is 43.0 Å². The molecule has 1 fully saturated rings. The van der Waals surface area contributed by atoms with Crippen molar-refractivity contribution in [3.63, 3.8) is 0 Å². The zero-order chi connectivity index (χ0) is 35.1. The lowest BCUT2D eigenvalue weighted by atomic mass is 9.85. The molecule has 0 saturated carbocycles. The summed E-state index contributed by atoms with van der Waals surface area (Å²) in [4.78, 5) is 67.6. The van der Waals surface area contributed by atoms with Crippen molar-refractivity contribution in [3.05, 3.63) is 48.6 Å². The number of benzene rings is 1. The van der Waals surface area contributed by atoms with E-state index in [2.05, 4.69) is 33.8 Å². The van der Waals surface area contributed by atoms with Crippen LogP contribution in [0, 0.1) is 23.7 Å². The highest BCUT2D eigenvalue weighted by Gasteiger charge is 2.44. The second kappa shape index (κ2) is 19.0. The van der Waals surface area contributed by atoms with Crippen molar-refractivity contribution in [2.24, 2.45) is 11.3 Å². The SMILES string of the molecule is C#CCCC(NC(=O)[C@@H]1C[C@@H](C)CN1C(=O)C(NC(=O)NC(CCC)CS(=O)Cc1ccccc1)C(C)(C)C)C(=O)C(=O)NCC=C. The molecule has 1 aromatic rings. The van der Waals surface area contributed by atoms with Gasteiger partial charge < -0.3 is 26.2 Å². The predicted octanol–water partition coefficient (Wildman–Crippen LogP) is 2.82. The van der Waals surface area contributed by atoms with Gasteiger partial charge in [-0.15, -0.1) is 18.9 Å². The summed E-state index contributed by atoms with van der Waals surface area (Å²) in [6, 6.07) is 5.49. The minimum Gasteiger partial charge on any atom is -0.346 e. The number of rotatable bonds is 17. The molecule has 1 aliphatic heterocycles. The van der Waals surface area contributed by atoms with E-state index in [4.69, 9.17) is 6.42 Å². The van der Waals surface area contributed by atoms with E-state index in [1.165, 1.54) is 11.0 Å². The molecule has 1 aromatic carbocycles. The Morgan fingerprint density at radius 1 is 1.11 bits per heavy atom. The number of nitrogens with one attached hydrogen (secondary N) is 4. The van der Waals surface area contributed by atoms with E-state index < -0.39 is 63.9 Å². The average molecular weight is 670 g/mol. The van der Waals surface area contributed by atoms with Crippen molar-refractivity contribution in [2.75, 3.05) is 18.8 Å². The highest BCUT2D eigenvalue weighted by Crippen LogP contribution is 2.28. The van der Waals surface area contributed by atoms with Crippen molar-refractivity contribution >= 4 is 40.3 Å². The standard InChI is InChI=1S/C35H51N5O6S/c1-8-11-18-27(29(41)32(43)36-19-10-3)38-31(42)28-20-24(4)21-40(28)33(44)30(35(5,6)7)39-34(45)37-26(15-9-2)23-47(46)22-25-16-13-12-14-17-25/h1,10,12-14,16-17,24,26-28,30H,3,9,11,15,18-23H2,2,4-7H3,(H,36,43)(H,38,42)(H2,37,39,45)/t24-,26?,27?,28+,30?,47?/m1/s1. The second-order valence-corrected chi connectivity index (χ2v) is 14.7. The van der Waals surface area contributed by atoms with Crippen LogP contribution >= 0.6 is 0 Å². The fourth-order valence-electron chi connectivity index (χ4n) is 5.47. The van der Waals surface area contributed by atoms with Gasteiger partial charge >= 0.3 is 6.03 Å². The maximum absolute atomic E-state index is 14.1. The minimum atomic E-state index is -1.22. The molecule has 0 spiro atoms. The molecule has 4 unspecified atom stereocenters. The third-order valence-corrected chi connectivity index (χ3v) is 9.28. The smallest absolute Gasteiger partial charge is 0.315 e. The van der Waals surface area contributed by atoms with Gasteiger partial charge in [-0.3, -0.25) is 23.4 Å². The van der Waals surface area contributed by atoms with Gasteiger partial charge in [0.25, 0.3) is 5.91 Å². The van der Waals surface area contributed by atoms with Crippen LogP contribution in [0.25, 0.3) is 0 Å². The van der Waals surface area contributed by atoms with Gasteiger partial charge in [0.05, 0.1) is 6.04 Å². The van der Waals surface area contributed by atoms with E-state index in [1.54, 1.807) is 0 Å². The van der Waals surface area contributed by atoms with E-state index in [-0.39, 0.29) is 43.6 Å². The second-order valence-electron chi connectivity index (χ2n) is 13.2. The fraction of sp³-hybridized carbons (Fsp3) is 0.571. The molecule has 0 bridgehead atoms. The van der Waals surface area contributed by atoms with Crippen LogP contribution in [0.4, 0.5) is 4.79 Å². The average Bonchev–Trinajstić information content (AvgIpc) is 3.41. The number of hydrogen-bond acceptors (Lipinski definition) is 6. The van der Waals surface area contributed by atoms with Gasteiger partial charge in [0.1, 0.15) is 12.1 Å². The number of Topliss-reactive ketones (excluding diaryl/α,β-unsaturated/α-hetero) is 1. The lowest BCUT2D eigenvalue weighted by Crippen LogP contribution is -2.60. The number of carbonyl (C=O) groups is 5. The first-order chi connectivity index (χ1) is 22.2. The normalized spacial score (nSPS) is 18.5. The Kier molecular flexibility index (Phi) is 15.8. The summed E-state index contributed by atoms with van der Waals surface area (Å²) in [5.74, 6) is 0.315. The van der Waals surface area contributed by atoms with Crippen molar-refractivity contribution in [2.45, 2.75) is 96.6 Å². The molecule has 11 nitrogen and oxygen atoms in total. The Labute approximate surface area is 281 Å². The number of hydrogen-bond donors (Lipinski definition) is 4. The first kappa shape index (κ1) is 39.2. The number of ketones is 1. The van der Waals surface area contributed by atoms with Crippen LogP contribution in [0.2, 0.25) is 0 Å². The number of carbonyl (C=O) groups excluding carboxylic acids is 5. The summed E-state index contributed by atoms with van der Waals surface area (Å²) < 4.78 is 12.9. The lowest BCUT2D eigenvalue weighted by molar-refractivity contribution is -0.143. The van der Waals surface area contributed by atoms with Crippen LogP contribution in [0.5, 0.6) is 0 Å². The van der Waals surface area contributed by atoms with Gasteiger partial charge in [-0.25, -0.2) is 4.79 Å². The van der Waals surface area contributed by atoms with Gasteiger partial charge in [-0.1, -0.05) is 77.4 Å². The highest BCUT2D eigenvalue weighted by molar-refractivity contribution is 7.84. The zero-order valence-corrected chi connectivity index (χ0v) is 29.1. The van der Waals surface area contributed by atoms with E-state index in [0.29, 0.717) is 18.6 Å². The molecule has 12 heteroatoms. The summed E-state index contributed by atoms with van der Waals surface area (Å²) >= 11 is 0. The monoisotopic (exact) mass is 669 g/mol. The van der Waals surface area contributed by atoms with E-state index >= 15 is 0 Å². The Bertz CT molecular complexity index is 1320. The summed E-state index contributed by atoms with van der Waals surface area (Å²) in [5, 5.41) is 10.8. The molecule has 4 N–H and O–H groups in total. The summed E-state index contributed by atoms with van der Waals surface area (Å²) in [7, 11) is -1.22. The van der Waals surface area contributed by atoms with E-state index in [9.17, 15) is 28.2 Å². The number of nitrogens with zero attached hydrogens (tertiary/aromatic N) is 1. The molecular formula is C35H51N5O6S. The first-order valence-electron chi connectivity index (χ1n) is 16.1.